The molecule has 0 aliphatic heterocycles. The van der Waals surface area contributed by atoms with E-state index in [9.17, 15) is 0 Å². The second-order valence-corrected chi connectivity index (χ2v) is 4.81. The largest absolute Gasteiger partial charge is 0.364 e. The van der Waals surface area contributed by atoms with Crippen LogP contribution in [-0.4, -0.2) is 14.4 Å². The minimum atomic E-state index is 0.633. The lowest BCUT2D eigenvalue weighted by Crippen LogP contribution is -2.01. The van der Waals surface area contributed by atoms with Crippen LogP contribution >= 0.6 is 11.6 Å². The van der Waals surface area contributed by atoms with E-state index < -0.39 is 0 Å². The monoisotopic (exact) mass is 272 g/mol. The van der Waals surface area contributed by atoms with E-state index in [0.29, 0.717) is 11.6 Å². The van der Waals surface area contributed by atoms with Gasteiger partial charge >= 0.3 is 0 Å². The van der Waals surface area contributed by atoms with Crippen LogP contribution in [0.25, 0.3) is 5.65 Å². The smallest absolute Gasteiger partial charge is 0.140 e. The zero-order valence-electron chi connectivity index (χ0n) is 10.5. The zero-order chi connectivity index (χ0) is 13.2. The molecule has 19 heavy (non-hydrogen) atoms. The number of rotatable bonds is 3. The lowest BCUT2D eigenvalue weighted by atomic mass is 10.3. The molecule has 0 aliphatic carbocycles. The van der Waals surface area contributed by atoms with Crippen LogP contribution in [0.15, 0.2) is 42.9 Å². The van der Waals surface area contributed by atoms with E-state index in [0.717, 1.165) is 17.2 Å². The molecule has 3 aromatic rings. The summed E-state index contributed by atoms with van der Waals surface area (Å²) in [5.41, 5.74) is 3.13. The first-order valence-electron chi connectivity index (χ1n) is 6.01. The van der Waals surface area contributed by atoms with Crippen molar-refractivity contribution in [3.8, 4) is 0 Å². The van der Waals surface area contributed by atoms with Crippen molar-refractivity contribution in [1.82, 2.24) is 14.4 Å². The molecule has 96 valence electrons. The molecule has 0 bridgehead atoms. The number of fused-ring (bicyclic) bond motifs is 1. The van der Waals surface area contributed by atoms with Crippen molar-refractivity contribution in [1.29, 1.82) is 0 Å². The van der Waals surface area contributed by atoms with E-state index in [1.807, 2.05) is 35.0 Å². The molecule has 0 amide bonds. The van der Waals surface area contributed by atoms with Crippen LogP contribution in [0.1, 0.15) is 11.3 Å². The van der Waals surface area contributed by atoms with Gasteiger partial charge in [0.05, 0.1) is 17.3 Å². The van der Waals surface area contributed by atoms with E-state index in [4.69, 9.17) is 11.6 Å². The van der Waals surface area contributed by atoms with Crippen LogP contribution in [0.3, 0.4) is 0 Å². The zero-order valence-corrected chi connectivity index (χ0v) is 11.2. The number of hydrogen-bond acceptors (Lipinski definition) is 3. The number of aromatic nitrogens is 3. The Bertz CT molecular complexity index is 703. The van der Waals surface area contributed by atoms with E-state index in [1.165, 1.54) is 5.56 Å². The summed E-state index contributed by atoms with van der Waals surface area (Å²) in [6.45, 7) is 2.69. The summed E-state index contributed by atoms with van der Waals surface area (Å²) in [5, 5.41) is 3.86. The van der Waals surface area contributed by atoms with Gasteiger partial charge in [0.1, 0.15) is 11.5 Å². The van der Waals surface area contributed by atoms with Gasteiger partial charge in [-0.3, -0.25) is 0 Å². The van der Waals surface area contributed by atoms with E-state index in [-0.39, 0.29) is 0 Å². The molecule has 0 aromatic carbocycles. The molecular formula is C14H13ClN4. The van der Waals surface area contributed by atoms with Crippen LogP contribution < -0.4 is 5.32 Å². The first-order chi connectivity index (χ1) is 9.22. The summed E-state index contributed by atoms with van der Waals surface area (Å²) >= 11 is 5.79. The van der Waals surface area contributed by atoms with Crippen molar-refractivity contribution in [3.05, 3.63) is 59.1 Å². The molecule has 0 aliphatic rings. The van der Waals surface area contributed by atoms with Gasteiger partial charge in [0, 0.05) is 18.6 Å². The van der Waals surface area contributed by atoms with Gasteiger partial charge < -0.3 is 9.72 Å². The molecule has 4 nitrogen and oxygen atoms in total. The summed E-state index contributed by atoms with van der Waals surface area (Å²) in [7, 11) is 0. The maximum atomic E-state index is 5.79. The minimum Gasteiger partial charge on any atom is -0.364 e. The first-order valence-corrected chi connectivity index (χ1v) is 6.39. The predicted molar refractivity (Wildman–Crippen MR) is 76.5 cm³/mol. The predicted octanol–water partition coefficient (Wildman–Crippen LogP) is 3.30. The van der Waals surface area contributed by atoms with Crippen LogP contribution in [0.2, 0.25) is 5.02 Å². The number of aryl methyl sites for hydroxylation is 1. The van der Waals surface area contributed by atoms with Crippen LogP contribution in [0.5, 0.6) is 0 Å². The molecule has 1 N–H and O–H groups in total. The highest BCUT2D eigenvalue weighted by molar-refractivity contribution is 6.30. The van der Waals surface area contributed by atoms with Crippen molar-refractivity contribution in [2.45, 2.75) is 13.5 Å². The van der Waals surface area contributed by atoms with Crippen molar-refractivity contribution in [2.75, 3.05) is 5.32 Å². The summed E-state index contributed by atoms with van der Waals surface area (Å²) < 4.78 is 2.03. The Morgan fingerprint density at radius 2 is 2.21 bits per heavy atom. The SMILES string of the molecule is Cc1cccn2cc(CNc3ccc(Cl)cn3)nc12. The van der Waals surface area contributed by atoms with Gasteiger partial charge in [-0.25, -0.2) is 9.97 Å². The highest BCUT2D eigenvalue weighted by atomic mass is 35.5. The molecule has 0 saturated heterocycles. The fourth-order valence-electron chi connectivity index (χ4n) is 1.95. The fourth-order valence-corrected chi connectivity index (χ4v) is 2.06. The fraction of sp³-hybridized carbons (Fsp3) is 0.143. The van der Waals surface area contributed by atoms with Gasteiger partial charge in [-0.05, 0) is 30.7 Å². The molecule has 5 heteroatoms. The maximum Gasteiger partial charge on any atom is 0.140 e. The number of nitrogens with one attached hydrogen (secondary N) is 1. The number of imidazole rings is 1. The van der Waals surface area contributed by atoms with Crippen LogP contribution in [-0.2, 0) is 6.54 Å². The maximum absolute atomic E-state index is 5.79. The first kappa shape index (κ1) is 12.0. The number of pyridine rings is 2. The van der Waals surface area contributed by atoms with E-state index in [2.05, 4.69) is 28.3 Å². The standard InChI is InChI=1S/C14H13ClN4/c1-10-3-2-6-19-9-12(18-14(10)19)8-17-13-5-4-11(15)7-16-13/h2-7,9H,8H2,1H3,(H,16,17). The van der Waals surface area contributed by atoms with Gasteiger partial charge in [0.2, 0.25) is 0 Å². The molecule has 0 radical (unpaired) electrons. The van der Waals surface area contributed by atoms with E-state index >= 15 is 0 Å². The Labute approximate surface area is 116 Å². The topological polar surface area (TPSA) is 42.2 Å². The Hall–Kier alpha value is -2.07. The van der Waals surface area contributed by atoms with Crippen molar-refractivity contribution in [2.24, 2.45) is 0 Å². The molecule has 0 spiro atoms. The highest BCUT2D eigenvalue weighted by Gasteiger charge is 2.03. The van der Waals surface area contributed by atoms with Crippen molar-refractivity contribution >= 4 is 23.1 Å². The second-order valence-electron chi connectivity index (χ2n) is 4.37. The molecule has 3 rings (SSSR count). The third-order valence-corrected chi connectivity index (χ3v) is 3.13. The Kier molecular flexibility index (Phi) is 3.09. The lowest BCUT2D eigenvalue weighted by Gasteiger charge is -2.02. The summed E-state index contributed by atoms with van der Waals surface area (Å²) in [6.07, 6.45) is 5.64. The second kappa shape index (κ2) is 4.90. The average molecular weight is 273 g/mol. The number of anilines is 1. The molecule has 0 unspecified atom stereocenters. The van der Waals surface area contributed by atoms with Gasteiger partial charge in [-0.2, -0.15) is 0 Å². The van der Waals surface area contributed by atoms with Crippen molar-refractivity contribution < 1.29 is 0 Å². The Morgan fingerprint density at radius 3 is 2.95 bits per heavy atom. The average Bonchev–Trinajstić information content (AvgIpc) is 2.83. The quantitative estimate of drug-likeness (QED) is 0.795. The number of halogens is 1. The Balaban J connectivity index is 1.78. The van der Waals surface area contributed by atoms with Gasteiger partial charge in [0.15, 0.2) is 0 Å². The summed E-state index contributed by atoms with van der Waals surface area (Å²) in [6, 6.07) is 7.73. The molecule has 3 aromatic heterocycles. The molecule has 3 heterocycles. The number of hydrogen-bond donors (Lipinski definition) is 1. The van der Waals surface area contributed by atoms with Crippen molar-refractivity contribution in [3.63, 3.8) is 0 Å². The minimum absolute atomic E-state index is 0.633. The third kappa shape index (κ3) is 2.53. The highest BCUT2D eigenvalue weighted by Crippen LogP contribution is 2.13. The molecule has 0 fully saturated rings. The van der Waals surface area contributed by atoms with Gasteiger partial charge in [-0.15, -0.1) is 0 Å². The normalized spacial score (nSPS) is 10.8. The van der Waals surface area contributed by atoms with Gasteiger partial charge in [-0.1, -0.05) is 17.7 Å². The summed E-state index contributed by atoms with van der Waals surface area (Å²) in [5.74, 6) is 0.790. The lowest BCUT2D eigenvalue weighted by molar-refractivity contribution is 1.06. The molecule has 0 atom stereocenters. The van der Waals surface area contributed by atoms with Crippen LogP contribution in [0.4, 0.5) is 5.82 Å². The van der Waals surface area contributed by atoms with Crippen LogP contribution in [0, 0.1) is 6.92 Å². The third-order valence-electron chi connectivity index (χ3n) is 2.91. The summed E-state index contributed by atoms with van der Waals surface area (Å²) in [4.78, 5) is 8.78. The van der Waals surface area contributed by atoms with Gasteiger partial charge in [0.25, 0.3) is 0 Å². The molecule has 0 saturated carbocycles. The number of nitrogens with zero attached hydrogens (tertiary/aromatic N) is 3. The van der Waals surface area contributed by atoms with E-state index in [1.54, 1.807) is 6.20 Å². The molecular weight excluding hydrogens is 260 g/mol. The Morgan fingerprint density at radius 1 is 1.32 bits per heavy atom.